The van der Waals surface area contributed by atoms with E-state index in [9.17, 15) is 13.2 Å². The Balaban J connectivity index is 2.27. The van der Waals surface area contributed by atoms with Gasteiger partial charge in [0.25, 0.3) is 5.91 Å². The lowest BCUT2D eigenvalue weighted by Gasteiger charge is -2.20. The molecule has 1 amide bonds. The van der Waals surface area contributed by atoms with Crippen molar-refractivity contribution < 1.29 is 13.2 Å². The Hall–Kier alpha value is -1.40. The molecular formula is C17H26N2O3S. The molecule has 0 aromatic heterocycles. The SMILES string of the molecule is Cc1ccc(C(=O)NCC(C)(C)C)cc1S(=O)(=O)N1CCCC1. The van der Waals surface area contributed by atoms with Crippen LogP contribution in [0.2, 0.25) is 0 Å². The normalized spacial score (nSPS) is 16.5. The van der Waals surface area contributed by atoms with Crippen LogP contribution in [-0.4, -0.2) is 38.3 Å². The van der Waals surface area contributed by atoms with E-state index < -0.39 is 10.0 Å². The highest BCUT2D eigenvalue weighted by molar-refractivity contribution is 7.89. The first-order valence-electron chi connectivity index (χ1n) is 8.00. The summed E-state index contributed by atoms with van der Waals surface area (Å²) in [6.07, 6.45) is 1.79. The second-order valence-corrected chi connectivity index (χ2v) is 9.24. The van der Waals surface area contributed by atoms with Gasteiger partial charge in [-0.1, -0.05) is 26.8 Å². The van der Waals surface area contributed by atoms with E-state index in [2.05, 4.69) is 5.32 Å². The number of carbonyl (C=O) groups is 1. The van der Waals surface area contributed by atoms with Crippen LogP contribution in [0.4, 0.5) is 0 Å². The van der Waals surface area contributed by atoms with Crippen LogP contribution in [0, 0.1) is 12.3 Å². The largest absolute Gasteiger partial charge is 0.352 e. The monoisotopic (exact) mass is 338 g/mol. The third-order valence-electron chi connectivity index (χ3n) is 3.91. The molecule has 0 bridgehead atoms. The Kier molecular flexibility index (Phi) is 5.16. The second kappa shape index (κ2) is 6.61. The number of nitrogens with zero attached hydrogens (tertiary/aromatic N) is 1. The highest BCUT2D eigenvalue weighted by atomic mass is 32.2. The molecule has 1 aromatic carbocycles. The molecule has 23 heavy (non-hydrogen) atoms. The van der Waals surface area contributed by atoms with Crippen LogP contribution in [0.5, 0.6) is 0 Å². The molecular weight excluding hydrogens is 312 g/mol. The number of rotatable bonds is 4. The molecule has 0 atom stereocenters. The molecule has 0 spiro atoms. The molecule has 5 nitrogen and oxygen atoms in total. The summed E-state index contributed by atoms with van der Waals surface area (Å²) in [6, 6.07) is 4.88. The summed E-state index contributed by atoms with van der Waals surface area (Å²) >= 11 is 0. The van der Waals surface area contributed by atoms with E-state index in [1.807, 2.05) is 20.8 Å². The van der Waals surface area contributed by atoms with Gasteiger partial charge in [-0.05, 0) is 42.9 Å². The van der Waals surface area contributed by atoms with Crippen LogP contribution in [0.15, 0.2) is 23.1 Å². The quantitative estimate of drug-likeness (QED) is 0.917. The Morgan fingerprint density at radius 3 is 2.39 bits per heavy atom. The first-order valence-corrected chi connectivity index (χ1v) is 9.44. The first-order chi connectivity index (χ1) is 10.6. The van der Waals surface area contributed by atoms with Gasteiger partial charge in [0, 0.05) is 25.2 Å². The van der Waals surface area contributed by atoms with Crippen LogP contribution in [-0.2, 0) is 10.0 Å². The molecule has 1 aromatic rings. The maximum absolute atomic E-state index is 12.7. The van der Waals surface area contributed by atoms with E-state index in [1.54, 1.807) is 19.1 Å². The third-order valence-corrected chi connectivity index (χ3v) is 5.95. The summed E-state index contributed by atoms with van der Waals surface area (Å²) in [6.45, 7) is 9.52. The number of aryl methyl sites for hydroxylation is 1. The number of amides is 1. The fraction of sp³-hybridized carbons (Fsp3) is 0.588. The Bertz CT molecular complexity index is 684. The van der Waals surface area contributed by atoms with E-state index in [-0.39, 0.29) is 16.2 Å². The Morgan fingerprint density at radius 2 is 1.83 bits per heavy atom. The fourth-order valence-electron chi connectivity index (χ4n) is 2.53. The van der Waals surface area contributed by atoms with Crippen molar-refractivity contribution in [2.24, 2.45) is 5.41 Å². The molecule has 0 radical (unpaired) electrons. The topological polar surface area (TPSA) is 66.5 Å². The van der Waals surface area contributed by atoms with Gasteiger partial charge in [0.05, 0.1) is 4.90 Å². The average Bonchev–Trinajstić information content (AvgIpc) is 2.99. The van der Waals surface area contributed by atoms with Gasteiger partial charge < -0.3 is 5.32 Å². The summed E-state index contributed by atoms with van der Waals surface area (Å²) in [5.41, 5.74) is 1.03. The number of benzene rings is 1. The molecule has 0 unspecified atom stereocenters. The van der Waals surface area contributed by atoms with Gasteiger partial charge in [-0.3, -0.25) is 4.79 Å². The predicted octanol–water partition coefficient (Wildman–Crippen LogP) is 2.56. The van der Waals surface area contributed by atoms with Gasteiger partial charge in [0.1, 0.15) is 0 Å². The summed E-state index contributed by atoms with van der Waals surface area (Å²) in [5, 5.41) is 2.86. The van der Waals surface area contributed by atoms with Crippen molar-refractivity contribution in [3.8, 4) is 0 Å². The smallest absolute Gasteiger partial charge is 0.251 e. The van der Waals surface area contributed by atoms with Crippen LogP contribution in [0.3, 0.4) is 0 Å². The lowest BCUT2D eigenvalue weighted by molar-refractivity contribution is 0.0939. The zero-order valence-corrected chi connectivity index (χ0v) is 15.2. The zero-order chi connectivity index (χ0) is 17.3. The maximum Gasteiger partial charge on any atom is 0.251 e. The molecule has 1 aliphatic heterocycles. The molecule has 6 heteroatoms. The van der Waals surface area contributed by atoms with Crippen LogP contribution in [0.25, 0.3) is 0 Å². The van der Waals surface area contributed by atoms with Crippen LogP contribution >= 0.6 is 0 Å². The number of carbonyl (C=O) groups excluding carboxylic acids is 1. The van der Waals surface area contributed by atoms with E-state index in [1.165, 1.54) is 10.4 Å². The highest BCUT2D eigenvalue weighted by Crippen LogP contribution is 2.24. The summed E-state index contributed by atoms with van der Waals surface area (Å²) < 4.78 is 27.0. The molecule has 128 valence electrons. The Morgan fingerprint density at radius 1 is 1.22 bits per heavy atom. The minimum absolute atomic E-state index is 0.0230. The third kappa shape index (κ3) is 4.32. The first kappa shape index (κ1) is 17.9. The van der Waals surface area contributed by atoms with Crippen molar-refractivity contribution >= 4 is 15.9 Å². The van der Waals surface area contributed by atoms with Gasteiger partial charge in [-0.2, -0.15) is 4.31 Å². The molecule has 1 heterocycles. The van der Waals surface area contributed by atoms with Crippen LogP contribution in [0.1, 0.15) is 49.5 Å². The van der Waals surface area contributed by atoms with E-state index in [4.69, 9.17) is 0 Å². The molecule has 1 aliphatic rings. The minimum Gasteiger partial charge on any atom is -0.352 e. The predicted molar refractivity (Wildman–Crippen MR) is 91.0 cm³/mol. The van der Waals surface area contributed by atoms with Crippen LogP contribution < -0.4 is 5.32 Å². The molecule has 1 N–H and O–H groups in total. The molecule has 2 rings (SSSR count). The summed E-state index contributed by atoms with van der Waals surface area (Å²) in [5.74, 6) is -0.238. The maximum atomic E-state index is 12.7. The molecule has 1 fully saturated rings. The van der Waals surface area contributed by atoms with E-state index in [0.717, 1.165) is 12.8 Å². The number of nitrogens with one attached hydrogen (secondary N) is 1. The number of sulfonamides is 1. The summed E-state index contributed by atoms with van der Waals surface area (Å²) in [4.78, 5) is 12.5. The van der Waals surface area contributed by atoms with Crippen molar-refractivity contribution in [3.63, 3.8) is 0 Å². The van der Waals surface area contributed by atoms with E-state index in [0.29, 0.717) is 30.8 Å². The fourth-order valence-corrected chi connectivity index (χ4v) is 4.30. The van der Waals surface area contributed by atoms with Gasteiger partial charge in [-0.15, -0.1) is 0 Å². The van der Waals surface area contributed by atoms with Gasteiger partial charge in [0.15, 0.2) is 0 Å². The zero-order valence-electron chi connectivity index (χ0n) is 14.3. The molecule has 1 saturated heterocycles. The average molecular weight is 338 g/mol. The van der Waals surface area contributed by atoms with Gasteiger partial charge in [0.2, 0.25) is 10.0 Å². The summed E-state index contributed by atoms with van der Waals surface area (Å²) in [7, 11) is -3.52. The van der Waals surface area contributed by atoms with Crippen molar-refractivity contribution in [2.45, 2.75) is 45.4 Å². The van der Waals surface area contributed by atoms with Gasteiger partial charge in [-0.25, -0.2) is 8.42 Å². The lowest BCUT2D eigenvalue weighted by atomic mass is 9.97. The standard InChI is InChI=1S/C17H26N2O3S/c1-13-7-8-14(16(20)18-12-17(2,3)4)11-15(13)23(21,22)19-9-5-6-10-19/h7-8,11H,5-6,9-10,12H2,1-4H3,(H,18,20). The van der Waals surface area contributed by atoms with Gasteiger partial charge >= 0.3 is 0 Å². The molecule has 0 aliphatic carbocycles. The van der Waals surface area contributed by atoms with E-state index >= 15 is 0 Å². The van der Waals surface area contributed by atoms with Crippen molar-refractivity contribution in [2.75, 3.05) is 19.6 Å². The minimum atomic E-state index is -3.52. The highest BCUT2D eigenvalue weighted by Gasteiger charge is 2.29. The second-order valence-electron chi connectivity index (χ2n) is 7.33. The Labute approximate surface area is 139 Å². The van der Waals surface area contributed by atoms with Crippen molar-refractivity contribution in [1.29, 1.82) is 0 Å². The number of hydrogen-bond donors (Lipinski definition) is 1. The van der Waals surface area contributed by atoms with Crippen molar-refractivity contribution in [3.05, 3.63) is 29.3 Å². The van der Waals surface area contributed by atoms with Crippen molar-refractivity contribution in [1.82, 2.24) is 9.62 Å². The number of hydrogen-bond acceptors (Lipinski definition) is 3. The molecule has 0 saturated carbocycles. The lowest BCUT2D eigenvalue weighted by Crippen LogP contribution is -2.33.